The van der Waals surface area contributed by atoms with E-state index in [0.29, 0.717) is 5.39 Å². The molecule has 1 aromatic heterocycles. The van der Waals surface area contributed by atoms with Crippen LogP contribution in [0.4, 0.5) is 5.69 Å². The second-order valence-electron chi connectivity index (χ2n) is 8.25. The lowest BCUT2D eigenvalue weighted by molar-refractivity contribution is -0.131. The maximum Gasteiger partial charge on any atom is 0.264 e. The Hall–Kier alpha value is -3.17. The first-order valence-corrected chi connectivity index (χ1v) is 11.9. The molecule has 1 amide bonds. The molecular weight excluding hydrogens is 430 g/mol. The Bertz CT molecular complexity index is 1310. The maximum absolute atomic E-state index is 13.0. The normalized spacial score (nSPS) is 13.5. The Morgan fingerprint density at radius 3 is 2.28 bits per heavy atom. The number of amides is 1. The van der Waals surface area contributed by atoms with Crippen LogP contribution in [0.25, 0.3) is 21.9 Å². The van der Waals surface area contributed by atoms with Gasteiger partial charge in [0, 0.05) is 44.2 Å². The molecule has 0 aliphatic carbocycles. The highest BCUT2D eigenvalue weighted by Crippen LogP contribution is 2.26. The second kappa shape index (κ2) is 8.76. The van der Waals surface area contributed by atoms with Crippen molar-refractivity contribution in [1.82, 2.24) is 10.0 Å². The van der Waals surface area contributed by atoms with Crippen LogP contribution >= 0.6 is 0 Å². The van der Waals surface area contributed by atoms with Crippen molar-refractivity contribution < 1.29 is 18.4 Å². The van der Waals surface area contributed by atoms with Gasteiger partial charge in [0.15, 0.2) is 14.6 Å². The van der Waals surface area contributed by atoms with Gasteiger partial charge in [-0.1, -0.05) is 18.2 Å². The molecule has 0 spiro atoms. The van der Waals surface area contributed by atoms with Crippen molar-refractivity contribution in [2.24, 2.45) is 0 Å². The van der Waals surface area contributed by atoms with Gasteiger partial charge in [0.05, 0.1) is 0 Å². The molecule has 0 saturated heterocycles. The van der Waals surface area contributed by atoms with Gasteiger partial charge in [-0.3, -0.25) is 14.8 Å². The fourth-order valence-electron chi connectivity index (χ4n) is 3.52. The van der Waals surface area contributed by atoms with Crippen molar-refractivity contribution in [3.8, 4) is 11.1 Å². The summed E-state index contributed by atoms with van der Waals surface area (Å²) in [6.45, 7) is 1.23. The van der Waals surface area contributed by atoms with E-state index >= 15 is 0 Å². The lowest BCUT2D eigenvalue weighted by Crippen LogP contribution is -2.49. The van der Waals surface area contributed by atoms with Gasteiger partial charge in [-0.2, -0.15) is 0 Å². The number of carbonyl (C=O) groups is 1. The number of hydrogen-bond donors (Lipinski definition) is 2. The Labute approximate surface area is 187 Å². The number of aryl methyl sites for hydroxylation is 1. The fraction of sp³-hybridized carbons (Fsp3) is 0.304. The number of sulfone groups is 1. The minimum Gasteiger partial charge on any atom is -0.378 e. The van der Waals surface area contributed by atoms with E-state index in [1.165, 1.54) is 17.0 Å². The van der Waals surface area contributed by atoms with E-state index in [1.807, 2.05) is 55.4 Å². The Balaban J connectivity index is 1.92. The molecule has 1 atom stereocenters. The molecule has 2 aromatic carbocycles. The fourth-order valence-corrected chi connectivity index (χ4v) is 4.36. The van der Waals surface area contributed by atoms with Crippen LogP contribution in [0.5, 0.6) is 0 Å². The number of pyridine rings is 1. The first-order valence-electron chi connectivity index (χ1n) is 10.0. The summed E-state index contributed by atoms with van der Waals surface area (Å²) in [5.74, 6) is -1.03. The molecule has 0 fully saturated rings. The predicted octanol–water partition coefficient (Wildman–Crippen LogP) is 2.43. The zero-order valence-electron chi connectivity index (χ0n) is 18.5. The average molecular weight is 458 g/mol. The molecule has 0 bridgehead atoms. The molecule has 0 radical (unpaired) electrons. The van der Waals surface area contributed by atoms with Gasteiger partial charge in [-0.25, -0.2) is 13.9 Å². The van der Waals surface area contributed by atoms with Crippen molar-refractivity contribution in [2.75, 3.05) is 25.3 Å². The summed E-state index contributed by atoms with van der Waals surface area (Å²) >= 11 is 0. The lowest BCUT2D eigenvalue weighted by Gasteiger charge is -2.25. The smallest absolute Gasteiger partial charge is 0.264 e. The summed E-state index contributed by atoms with van der Waals surface area (Å²) in [6, 6.07) is 15.4. The number of benzene rings is 2. The molecule has 3 aromatic rings. The SMILES string of the molecule is CN(C)c1ccc(-c2ccc3c(=O)n(CC[C@@](C)(C(=O)NO)S(C)(=O)=O)ccc3c2)cc1. The van der Waals surface area contributed by atoms with Crippen molar-refractivity contribution in [3.63, 3.8) is 0 Å². The van der Waals surface area contributed by atoms with Crippen LogP contribution in [-0.2, 0) is 21.2 Å². The molecule has 8 nitrogen and oxygen atoms in total. The van der Waals surface area contributed by atoms with Crippen molar-refractivity contribution in [2.45, 2.75) is 24.6 Å². The minimum absolute atomic E-state index is 0.000484. The molecule has 170 valence electrons. The maximum atomic E-state index is 13.0. The molecule has 0 aliphatic heterocycles. The van der Waals surface area contributed by atoms with E-state index < -0.39 is 20.5 Å². The van der Waals surface area contributed by atoms with Crippen molar-refractivity contribution in [3.05, 3.63) is 65.1 Å². The number of nitrogens with zero attached hydrogens (tertiary/aromatic N) is 2. The zero-order chi connectivity index (χ0) is 23.7. The molecule has 1 heterocycles. The quantitative estimate of drug-likeness (QED) is 0.417. The Morgan fingerprint density at radius 2 is 1.72 bits per heavy atom. The number of aromatic nitrogens is 1. The van der Waals surface area contributed by atoms with Gasteiger partial charge >= 0.3 is 0 Å². The monoisotopic (exact) mass is 457 g/mol. The highest BCUT2D eigenvalue weighted by molar-refractivity contribution is 7.92. The van der Waals surface area contributed by atoms with E-state index in [2.05, 4.69) is 0 Å². The van der Waals surface area contributed by atoms with Crippen LogP contribution in [0, 0.1) is 0 Å². The molecule has 9 heteroatoms. The van der Waals surface area contributed by atoms with Crippen molar-refractivity contribution >= 4 is 32.2 Å². The Kier molecular flexibility index (Phi) is 6.43. The molecule has 0 unspecified atom stereocenters. The Morgan fingerprint density at radius 1 is 1.09 bits per heavy atom. The first kappa shape index (κ1) is 23.5. The van der Waals surface area contributed by atoms with E-state index in [1.54, 1.807) is 18.3 Å². The largest absolute Gasteiger partial charge is 0.378 e. The number of anilines is 1. The van der Waals surface area contributed by atoms with Crippen LogP contribution in [0.3, 0.4) is 0 Å². The highest BCUT2D eigenvalue weighted by atomic mass is 32.2. The van der Waals surface area contributed by atoms with Crippen molar-refractivity contribution in [1.29, 1.82) is 0 Å². The lowest BCUT2D eigenvalue weighted by atomic mass is 10.0. The summed E-state index contributed by atoms with van der Waals surface area (Å²) in [6.07, 6.45) is 2.35. The molecular formula is C23H27N3O5S. The molecule has 3 rings (SSSR count). The summed E-state index contributed by atoms with van der Waals surface area (Å²) in [5.41, 5.74) is 4.23. The van der Waals surface area contributed by atoms with Gasteiger partial charge < -0.3 is 9.47 Å². The van der Waals surface area contributed by atoms with Gasteiger partial charge in [0.1, 0.15) is 0 Å². The number of rotatable bonds is 7. The van der Waals surface area contributed by atoms with Crippen LogP contribution in [0.2, 0.25) is 0 Å². The zero-order valence-corrected chi connectivity index (χ0v) is 19.3. The van der Waals surface area contributed by atoms with Gasteiger partial charge in [-0.05, 0) is 60.2 Å². The van der Waals surface area contributed by atoms with Gasteiger partial charge in [0.2, 0.25) is 0 Å². The standard InChI is InChI=1S/C23H27N3O5S/c1-23(22(28)24-29,32(4,30)31)12-14-26-13-11-18-15-17(7-10-20(18)21(26)27)16-5-8-19(9-6-16)25(2)3/h5-11,13,15,29H,12,14H2,1-4H3,(H,24,28)/t23-/m0/s1. The van der Waals surface area contributed by atoms with E-state index in [9.17, 15) is 18.0 Å². The van der Waals surface area contributed by atoms with E-state index in [4.69, 9.17) is 5.21 Å². The minimum atomic E-state index is -3.84. The summed E-state index contributed by atoms with van der Waals surface area (Å²) in [4.78, 5) is 27.0. The number of carbonyl (C=O) groups excluding carboxylic acids is 1. The number of hydroxylamine groups is 1. The number of hydrogen-bond acceptors (Lipinski definition) is 6. The molecule has 0 saturated carbocycles. The number of nitrogens with one attached hydrogen (secondary N) is 1. The van der Waals surface area contributed by atoms with E-state index in [-0.39, 0.29) is 18.5 Å². The summed E-state index contributed by atoms with van der Waals surface area (Å²) in [5, 5.41) is 10.2. The third kappa shape index (κ3) is 4.39. The average Bonchev–Trinajstić information content (AvgIpc) is 2.76. The summed E-state index contributed by atoms with van der Waals surface area (Å²) < 4.78 is 23.8. The third-order valence-electron chi connectivity index (χ3n) is 5.92. The molecule has 2 N–H and O–H groups in total. The summed E-state index contributed by atoms with van der Waals surface area (Å²) in [7, 11) is 0.117. The van der Waals surface area contributed by atoms with Crippen LogP contribution in [-0.4, -0.2) is 49.2 Å². The van der Waals surface area contributed by atoms with Gasteiger partial charge in [-0.15, -0.1) is 0 Å². The second-order valence-corrected chi connectivity index (χ2v) is 10.7. The first-order chi connectivity index (χ1) is 15.0. The van der Waals surface area contributed by atoms with Crippen LogP contribution in [0.15, 0.2) is 59.5 Å². The van der Waals surface area contributed by atoms with E-state index in [0.717, 1.165) is 28.5 Å². The van der Waals surface area contributed by atoms with Crippen LogP contribution < -0.4 is 15.9 Å². The number of fused-ring (bicyclic) bond motifs is 1. The highest BCUT2D eigenvalue weighted by Gasteiger charge is 2.43. The molecule has 32 heavy (non-hydrogen) atoms. The molecule has 0 aliphatic rings. The predicted molar refractivity (Wildman–Crippen MR) is 126 cm³/mol. The van der Waals surface area contributed by atoms with Gasteiger partial charge in [0.25, 0.3) is 11.5 Å². The van der Waals surface area contributed by atoms with Crippen LogP contribution in [0.1, 0.15) is 13.3 Å². The topological polar surface area (TPSA) is 109 Å². The third-order valence-corrected chi connectivity index (χ3v) is 7.95.